The Hall–Kier alpha value is -4.32. The molecule has 1 heterocycles. The summed E-state index contributed by atoms with van der Waals surface area (Å²) in [4.78, 5) is 49.3. The third kappa shape index (κ3) is 9.37. The van der Waals surface area contributed by atoms with Gasteiger partial charge in [-0.1, -0.05) is 45.9 Å². The second kappa shape index (κ2) is 16.2. The minimum atomic E-state index is -1.33. The molecule has 12 nitrogen and oxygen atoms in total. The molecule has 0 amide bonds. The fourth-order valence-electron chi connectivity index (χ4n) is 3.83. The van der Waals surface area contributed by atoms with Crippen molar-refractivity contribution in [2.24, 2.45) is 10.2 Å². The Kier molecular flexibility index (Phi) is 12.4. The van der Waals surface area contributed by atoms with Gasteiger partial charge >= 0.3 is 23.9 Å². The van der Waals surface area contributed by atoms with Gasteiger partial charge in [0, 0.05) is 25.7 Å². The maximum atomic E-state index is 12.5. The Morgan fingerprint density at radius 3 is 1.69 bits per heavy atom. The van der Waals surface area contributed by atoms with Gasteiger partial charge in [-0.3, -0.25) is 19.2 Å². The lowest BCUT2D eigenvalue weighted by molar-refractivity contribution is -0.289. The van der Waals surface area contributed by atoms with Crippen LogP contribution in [0.2, 0.25) is 0 Å². The molecule has 5 atom stereocenters. The van der Waals surface area contributed by atoms with Gasteiger partial charge in [0.1, 0.15) is 18.5 Å². The molecule has 0 saturated carbocycles. The first kappa shape index (κ1) is 32.2. The highest BCUT2D eigenvalue weighted by atomic mass is 16.7. The number of rotatable bonds is 13. The Bertz CT molecular complexity index is 1220. The van der Waals surface area contributed by atoms with Crippen molar-refractivity contribution in [1.82, 2.24) is 0 Å². The van der Waals surface area contributed by atoms with Crippen LogP contribution in [-0.2, 0) is 42.9 Å². The van der Waals surface area contributed by atoms with E-state index in [0.29, 0.717) is 17.1 Å². The van der Waals surface area contributed by atoms with Gasteiger partial charge in [0.05, 0.1) is 11.4 Å². The van der Waals surface area contributed by atoms with Crippen LogP contribution in [0.15, 0.2) is 64.8 Å². The number of carbonyl (C=O) groups is 4. The van der Waals surface area contributed by atoms with Gasteiger partial charge in [-0.15, -0.1) is 0 Å². The summed E-state index contributed by atoms with van der Waals surface area (Å²) in [5.74, 6) is -2.08. The van der Waals surface area contributed by atoms with E-state index >= 15 is 0 Å². The molecule has 2 aromatic rings. The molecule has 2 aromatic carbocycles. The number of hydrogen-bond donors (Lipinski definition) is 0. The number of hydrogen-bond acceptors (Lipinski definition) is 12. The molecule has 42 heavy (non-hydrogen) atoms. The van der Waals surface area contributed by atoms with Gasteiger partial charge in [-0.25, -0.2) is 0 Å². The molecule has 3 rings (SSSR count). The van der Waals surface area contributed by atoms with Crippen molar-refractivity contribution >= 4 is 35.3 Å². The molecule has 5 unspecified atom stereocenters. The molecule has 0 aromatic heterocycles. The molecule has 0 N–H and O–H groups in total. The minimum absolute atomic E-state index is 0.000251. The first-order chi connectivity index (χ1) is 20.3. The van der Waals surface area contributed by atoms with E-state index in [0.717, 1.165) is 0 Å². The summed E-state index contributed by atoms with van der Waals surface area (Å²) in [6.45, 7) is 6.07. The highest BCUT2D eigenvalue weighted by molar-refractivity contribution is 5.71. The minimum Gasteiger partial charge on any atom is -0.463 e. The molecule has 0 bridgehead atoms. The third-order valence-electron chi connectivity index (χ3n) is 6.08. The first-order valence-corrected chi connectivity index (χ1v) is 13.9. The van der Waals surface area contributed by atoms with E-state index in [1.807, 2.05) is 30.3 Å². The summed E-state index contributed by atoms with van der Waals surface area (Å²) in [6, 6.07) is 15.8. The van der Waals surface area contributed by atoms with E-state index in [9.17, 15) is 19.2 Å². The zero-order chi connectivity index (χ0) is 30.5. The Balaban J connectivity index is 1.93. The maximum Gasteiger partial charge on any atom is 0.306 e. The topological polar surface area (TPSA) is 148 Å². The summed E-state index contributed by atoms with van der Waals surface area (Å²) in [6.07, 6.45) is -6.20. The average Bonchev–Trinajstić information content (AvgIpc) is 3.02. The molecule has 0 aliphatic carbocycles. The van der Waals surface area contributed by atoms with Crippen molar-refractivity contribution in [2.75, 3.05) is 6.61 Å². The summed E-state index contributed by atoms with van der Waals surface area (Å²) in [5, 5.41) is 8.39. The Morgan fingerprint density at radius 1 is 0.643 bits per heavy atom. The van der Waals surface area contributed by atoms with Crippen LogP contribution in [-0.4, -0.2) is 61.2 Å². The van der Waals surface area contributed by atoms with Crippen molar-refractivity contribution in [1.29, 1.82) is 0 Å². The highest BCUT2D eigenvalue weighted by Gasteiger charge is 2.53. The first-order valence-electron chi connectivity index (χ1n) is 13.9. The lowest BCUT2D eigenvalue weighted by Crippen LogP contribution is -2.63. The van der Waals surface area contributed by atoms with E-state index < -0.39 is 54.6 Å². The SMILES string of the molecule is CCC(=O)OCC1OC(Oc2ccc(N=Nc3ccccc3)cc2)C(OC(=O)CC)C(OC(=O)CC)C1OC(=O)CC. The maximum absolute atomic E-state index is 12.5. The van der Waals surface area contributed by atoms with Crippen molar-refractivity contribution in [3.63, 3.8) is 0 Å². The summed E-state index contributed by atoms with van der Waals surface area (Å²) in [5.41, 5.74) is 1.24. The van der Waals surface area contributed by atoms with Crippen LogP contribution < -0.4 is 4.74 Å². The van der Waals surface area contributed by atoms with Crippen LogP contribution >= 0.6 is 0 Å². The zero-order valence-electron chi connectivity index (χ0n) is 24.1. The molecule has 1 saturated heterocycles. The summed E-state index contributed by atoms with van der Waals surface area (Å²) >= 11 is 0. The van der Waals surface area contributed by atoms with Gasteiger partial charge in [-0.05, 0) is 36.4 Å². The Labute approximate surface area is 244 Å². The van der Waals surface area contributed by atoms with E-state index in [4.69, 9.17) is 28.4 Å². The molecule has 1 fully saturated rings. The molecule has 1 aliphatic rings. The van der Waals surface area contributed by atoms with Crippen molar-refractivity contribution in [2.45, 2.75) is 84.1 Å². The van der Waals surface area contributed by atoms with Crippen LogP contribution in [0.1, 0.15) is 53.4 Å². The highest BCUT2D eigenvalue weighted by Crippen LogP contribution is 2.32. The zero-order valence-corrected chi connectivity index (χ0v) is 24.1. The lowest BCUT2D eigenvalue weighted by Gasteiger charge is -2.44. The van der Waals surface area contributed by atoms with Gasteiger partial charge in [0.2, 0.25) is 12.4 Å². The number of nitrogens with zero attached hydrogens (tertiary/aromatic N) is 2. The third-order valence-corrected chi connectivity index (χ3v) is 6.08. The molecular weight excluding hydrogens is 548 g/mol. The van der Waals surface area contributed by atoms with Crippen molar-refractivity contribution < 1.29 is 47.6 Å². The average molecular weight is 585 g/mol. The molecule has 226 valence electrons. The number of benzene rings is 2. The van der Waals surface area contributed by atoms with Gasteiger partial charge in [0.15, 0.2) is 12.2 Å². The fraction of sp³-hybridized carbons (Fsp3) is 0.467. The molecular formula is C30H36N2O10. The smallest absolute Gasteiger partial charge is 0.306 e. The number of ether oxygens (including phenoxy) is 6. The summed E-state index contributed by atoms with van der Waals surface area (Å²) < 4.78 is 34.4. The van der Waals surface area contributed by atoms with Crippen LogP contribution in [0, 0.1) is 0 Å². The van der Waals surface area contributed by atoms with Crippen LogP contribution in [0.25, 0.3) is 0 Å². The number of azo groups is 1. The standard InChI is InChI=1S/C30H36N2O10/c1-5-23(33)37-18-22-27(40-24(34)6-2)28(41-25(35)7-3)29(42-26(36)8-4)30(39-22)38-21-16-14-20(15-17-21)32-31-19-12-10-9-11-13-19/h9-17,22,27-30H,5-8,18H2,1-4H3. The van der Waals surface area contributed by atoms with Crippen molar-refractivity contribution in [3.05, 3.63) is 54.6 Å². The van der Waals surface area contributed by atoms with Crippen LogP contribution in [0.3, 0.4) is 0 Å². The number of esters is 4. The van der Waals surface area contributed by atoms with E-state index in [2.05, 4.69) is 10.2 Å². The van der Waals surface area contributed by atoms with E-state index in [-0.39, 0.29) is 32.3 Å². The largest absolute Gasteiger partial charge is 0.463 e. The van der Waals surface area contributed by atoms with Gasteiger partial charge in [0.25, 0.3) is 0 Å². The molecule has 1 aliphatic heterocycles. The Morgan fingerprint density at radius 2 is 1.14 bits per heavy atom. The van der Waals surface area contributed by atoms with E-state index in [1.54, 1.807) is 52.0 Å². The fourth-order valence-corrected chi connectivity index (χ4v) is 3.83. The normalized spacial score (nSPS) is 21.8. The monoisotopic (exact) mass is 584 g/mol. The quantitative estimate of drug-likeness (QED) is 0.176. The van der Waals surface area contributed by atoms with Crippen LogP contribution in [0.4, 0.5) is 11.4 Å². The molecule has 12 heteroatoms. The van der Waals surface area contributed by atoms with Crippen molar-refractivity contribution in [3.8, 4) is 5.75 Å². The second-order valence-electron chi connectivity index (χ2n) is 9.15. The predicted molar refractivity (Wildman–Crippen MR) is 148 cm³/mol. The number of carbonyl (C=O) groups excluding carboxylic acids is 4. The molecule has 0 radical (unpaired) electrons. The lowest BCUT2D eigenvalue weighted by atomic mass is 9.98. The predicted octanol–water partition coefficient (Wildman–Crippen LogP) is 5.12. The van der Waals surface area contributed by atoms with Gasteiger partial charge in [-0.2, -0.15) is 10.2 Å². The van der Waals surface area contributed by atoms with E-state index in [1.165, 1.54) is 0 Å². The molecule has 0 spiro atoms. The second-order valence-corrected chi connectivity index (χ2v) is 9.15. The summed E-state index contributed by atoms with van der Waals surface area (Å²) in [7, 11) is 0. The van der Waals surface area contributed by atoms with Gasteiger partial charge < -0.3 is 28.4 Å². The van der Waals surface area contributed by atoms with Crippen LogP contribution in [0.5, 0.6) is 5.75 Å².